The molecule has 0 radical (unpaired) electrons. The van der Waals surface area contributed by atoms with Crippen LogP contribution in [-0.2, 0) is 11.3 Å². The van der Waals surface area contributed by atoms with E-state index in [1.807, 2.05) is 24.0 Å². The van der Waals surface area contributed by atoms with Gasteiger partial charge in [0.25, 0.3) is 0 Å². The van der Waals surface area contributed by atoms with Crippen molar-refractivity contribution in [2.45, 2.75) is 19.6 Å². The summed E-state index contributed by atoms with van der Waals surface area (Å²) in [5.41, 5.74) is 1.20. The minimum Gasteiger partial charge on any atom is -0.374 e. The van der Waals surface area contributed by atoms with Crippen molar-refractivity contribution in [3.8, 4) is 0 Å². The fourth-order valence-corrected chi connectivity index (χ4v) is 1.28. The van der Waals surface area contributed by atoms with Gasteiger partial charge in [0.1, 0.15) is 0 Å². The van der Waals surface area contributed by atoms with Gasteiger partial charge in [0.15, 0.2) is 0 Å². The predicted octanol–water partition coefficient (Wildman–Crippen LogP) is 0.180. The van der Waals surface area contributed by atoms with Crippen molar-refractivity contribution in [1.82, 2.24) is 15.1 Å². The Balaban J connectivity index is 1.67. The molecule has 0 unspecified atom stereocenters. The third-order valence-corrected chi connectivity index (χ3v) is 2.18. The highest BCUT2D eigenvalue weighted by molar-refractivity contribution is 4.99. The zero-order chi connectivity index (χ0) is 9.10. The van der Waals surface area contributed by atoms with Crippen LogP contribution < -0.4 is 5.32 Å². The van der Waals surface area contributed by atoms with E-state index >= 15 is 0 Å². The van der Waals surface area contributed by atoms with Gasteiger partial charge in [-0.25, -0.2) is 0 Å². The first-order chi connectivity index (χ1) is 6.34. The molecule has 2 rings (SSSR count). The first-order valence-electron chi connectivity index (χ1n) is 4.66. The van der Waals surface area contributed by atoms with E-state index < -0.39 is 0 Å². The minimum absolute atomic E-state index is 0.427. The normalized spacial score (nSPS) is 17.3. The lowest BCUT2D eigenvalue weighted by Crippen LogP contribution is -2.48. The van der Waals surface area contributed by atoms with E-state index in [-0.39, 0.29) is 0 Å². The quantitative estimate of drug-likeness (QED) is 0.720. The zero-order valence-corrected chi connectivity index (χ0v) is 7.86. The van der Waals surface area contributed by atoms with Crippen molar-refractivity contribution in [1.29, 1.82) is 0 Å². The highest BCUT2D eigenvalue weighted by Crippen LogP contribution is 1.99. The number of hydrogen-bond acceptors (Lipinski definition) is 3. The molecule has 1 aromatic heterocycles. The van der Waals surface area contributed by atoms with Gasteiger partial charge < -0.3 is 10.1 Å². The summed E-state index contributed by atoms with van der Waals surface area (Å²) >= 11 is 0. The Hall–Kier alpha value is -0.870. The number of aromatic nitrogens is 2. The molecule has 0 atom stereocenters. The van der Waals surface area contributed by atoms with Gasteiger partial charge in [0.2, 0.25) is 0 Å². The van der Waals surface area contributed by atoms with Gasteiger partial charge in [-0.2, -0.15) is 5.10 Å². The predicted molar refractivity (Wildman–Crippen MR) is 49.6 cm³/mol. The summed E-state index contributed by atoms with van der Waals surface area (Å²) in [5, 5.41) is 7.34. The van der Waals surface area contributed by atoms with Gasteiger partial charge in [0.05, 0.1) is 25.5 Å². The maximum Gasteiger partial charge on any atom is 0.0824 e. The molecule has 4 heteroatoms. The summed E-state index contributed by atoms with van der Waals surface area (Å²) in [4.78, 5) is 0. The second-order valence-corrected chi connectivity index (χ2v) is 3.43. The lowest BCUT2D eigenvalue weighted by Gasteiger charge is -2.26. The molecule has 1 aromatic rings. The highest BCUT2D eigenvalue weighted by Gasteiger charge is 2.16. The molecular weight excluding hydrogens is 166 g/mol. The topological polar surface area (TPSA) is 39.1 Å². The largest absolute Gasteiger partial charge is 0.374 e. The SMILES string of the molecule is Cc1cnn(CCOC2CNC2)c1. The Labute approximate surface area is 77.9 Å². The number of ether oxygens (including phenoxy) is 1. The summed E-state index contributed by atoms with van der Waals surface area (Å²) in [7, 11) is 0. The smallest absolute Gasteiger partial charge is 0.0824 e. The molecule has 0 aliphatic carbocycles. The van der Waals surface area contributed by atoms with Crippen LogP contribution in [0, 0.1) is 6.92 Å². The summed E-state index contributed by atoms with van der Waals surface area (Å²) in [5.74, 6) is 0. The first kappa shape index (κ1) is 8.72. The van der Waals surface area contributed by atoms with Crippen molar-refractivity contribution >= 4 is 0 Å². The summed E-state index contributed by atoms with van der Waals surface area (Å²) < 4.78 is 7.49. The van der Waals surface area contributed by atoms with Gasteiger partial charge in [0, 0.05) is 19.3 Å². The third-order valence-electron chi connectivity index (χ3n) is 2.18. The molecule has 1 N–H and O–H groups in total. The van der Waals surface area contributed by atoms with E-state index in [0.29, 0.717) is 6.10 Å². The maximum atomic E-state index is 5.57. The number of hydrogen-bond donors (Lipinski definition) is 1. The zero-order valence-electron chi connectivity index (χ0n) is 7.86. The van der Waals surface area contributed by atoms with Crippen LogP contribution >= 0.6 is 0 Å². The fraction of sp³-hybridized carbons (Fsp3) is 0.667. The van der Waals surface area contributed by atoms with E-state index in [0.717, 1.165) is 26.2 Å². The first-order valence-corrected chi connectivity index (χ1v) is 4.66. The lowest BCUT2D eigenvalue weighted by molar-refractivity contribution is 0.0137. The highest BCUT2D eigenvalue weighted by atomic mass is 16.5. The van der Waals surface area contributed by atoms with Crippen molar-refractivity contribution < 1.29 is 4.74 Å². The molecule has 0 aromatic carbocycles. The number of nitrogens with one attached hydrogen (secondary N) is 1. The fourth-order valence-electron chi connectivity index (χ4n) is 1.28. The summed E-state index contributed by atoms with van der Waals surface area (Å²) in [6.45, 7) is 5.65. The average molecular weight is 181 g/mol. The average Bonchev–Trinajstić information content (AvgIpc) is 2.42. The van der Waals surface area contributed by atoms with Crippen molar-refractivity contribution in [3.63, 3.8) is 0 Å². The van der Waals surface area contributed by atoms with E-state index in [1.54, 1.807) is 0 Å². The number of nitrogens with zero attached hydrogens (tertiary/aromatic N) is 2. The van der Waals surface area contributed by atoms with E-state index in [1.165, 1.54) is 5.56 Å². The van der Waals surface area contributed by atoms with Gasteiger partial charge in [-0.1, -0.05) is 0 Å². The molecule has 0 amide bonds. The van der Waals surface area contributed by atoms with E-state index in [2.05, 4.69) is 10.4 Å². The van der Waals surface area contributed by atoms with Crippen LogP contribution in [0.2, 0.25) is 0 Å². The second kappa shape index (κ2) is 3.89. The summed E-state index contributed by atoms with van der Waals surface area (Å²) in [6, 6.07) is 0. The van der Waals surface area contributed by atoms with Crippen LogP contribution in [0.4, 0.5) is 0 Å². The molecule has 1 fully saturated rings. The Morgan fingerprint density at radius 3 is 3.08 bits per heavy atom. The maximum absolute atomic E-state index is 5.57. The van der Waals surface area contributed by atoms with Crippen LogP contribution in [0.3, 0.4) is 0 Å². The van der Waals surface area contributed by atoms with E-state index in [9.17, 15) is 0 Å². The van der Waals surface area contributed by atoms with Crippen LogP contribution in [0.25, 0.3) is 0 Å². The number of aryl methyl sites for hydroxylation is 1. The molecule has 13 heavy (non-hydrogen) atoms. The van der Waals surface area contributed by atoms with Crippen molar-refractivity contribution in [2.24, 2.45) is 0 Å². The third kappa shape index (κ3) is 2.29. The lowest BCUT2D eigenvalue weighted by atomic mass is 10.2. The molecule has 1 aliphatic rings. The van der Waals surface area contributed by atoms with Crippen LogP contribution in [0.15, 0.2) is 12.4 Å². The molecule has 2 heterocycles. The molecule has 0 bridgehead atoms. The van der Waals surface area contributed by atoms with Crippen LogP contribution in [0.1, 0.15) is 5.56 Å². The molecular formula is C9H15N3O. The van der Waals surface area contributed by atoms with Crippen molar-refractivity contribution in [2.75, 3.05) is 19.7 Å². The number of rotatable bonds is 4. The molecule has 1 saturated heterocycles. The molecule has 72 valence electrons. The van der Waals surface area contributed by atoms with Crippen LogP contribution in [0.5, 0.6) is 0 Å². The standard InChI is InChI=1S/C9H15N3O/c1-8-4-11-12(7-8)2-3-13-9-5-10-6-9/h4,7,9-10H,2-3,5-6H2,1H3. The Kier molecular flexibility index (Phi) is 2.61. The van der Waals surface area contributed by atoms with Crippen LogP contribution in [-0.4, -0.2) is 35.6 Å². The van der Waals surface area contributed by atoms with Gasteiger partial charge in [-0.15, -0.1) is 0 Å². The van der Waals surface area contributed by atoms with E-state index in [4.69, 9.17) is 4.74 Å². The molecule has 4 nitrogen and oxygen atoms in total. The molecule has 0 saturated carbocycles. The minimum atomic E-state index is 0.427. The Morgan fingerprint density at radius 2 is 2.54 bits per heavy atom. The van der Waals surface area contributed by atoms with Gasteiger partial charge in [-0.05, 0) is 12.5 Å². The Bertz CT molecular complexity index is 268. The van der Waals surface area contributed by atoms with Gasteiger partial charge >= 0.3 is 0 Å². The second-order valence-electron chi connectivity index (χ2n) is 3.43. The molecule has 1 aliphatic heterocycles. The monoisotopic (exact) mass is 181 g/mol. The Morgan fingerprint density at radius 1 is 1.69 bits per heavy atom. The summed E-state index contributed by atoms with van der Waals surface area (Å²) in [6.07, 6.45) is 4.32. The van der Waals surface area contributed by atoms with Crippen molar-refractivity contribution in [3.05, 3.63) is 18.0 Å². The van der Waals surface area contributed by atoms with Gasteiger partial charge in [-0.3, -0.25) is 4.68 Å². The molecule has 0 spiro atoms.